The van der Waals surface area contributed by atoms with Gasteiger partial charge in [-0.3, -0.25) is 4.79 Å². The molecule has 3 aromatic rings. The molecule has 0 aliphatic carbocycles. The molecule has 0 fully saturated rings. The summed E-state index contributed by atoms with van der Waals surface area (Å²) in [6, 6.07) is 15.1. The third kappa shape index (κ3) is 3.26. The molecular weight excluding hydrogens is 330 g/mol. The fourth-order valence-corrected chi connectivity index (χ4v) is 3.05. The van der Waals surface area contributed by atoms with Crippen LogP contribution in [0.2, 0.25) is 0 Å². The maximum absolute atomic E-state index is 12.7. The Morgan fingerprint density at radius 2 is 2.00 bits per heavy atom. The molecule has 1 aromatic heterocycles. The highest BCUT2D eigenvalue weighted by molar-refractivity contribution is 5.79. The van der Waals surface area contributed by atoms with E-state index in [9.17, 15) is 4.79 Å². The summed E-state index contributed by atoms with van der Waals surface area (Å²) in [4.78, 5) is 17.1. The van der Waals surface area contributed by atoms with Crippen molar-refractivity contribution in [1.29, 1.82) is 0 Å². The molecule has 132 valence electrons. The molecule has 26 heavy (non-hydrogen) atoms. The van der Waals surface area contributed by atoms with Crippen molar-refractivity contribution < 1.29 is 14.3 Å². The monoisotopic (exact) mass is 349 g/mol. The Labute approximate surface area is 151 Å². The van der Waals surface area contributed by atoms with Crippen LogP contribution >= 0.6 is 0 Å². The van der Waals surface area contributed by atoms with Crippen molar-refractivity contribution >= 4 is 5.91 Å². The number of ether oxygens (including phenoxy) is 2. The maximum Gasteiger partial charge on any atom is 0.231 e. The Morgan fingerprint density at radius 3 is 2.77 bits per heavy atom. The van der Waals surface area contributed by atoms with Gasteiger partial charge in [0, 0.05) is 19.4 Å². The lowest BCUT2D eigenvalue weighted by atomic mass is 10.1. The number of rotatable bonds is 5. The number of amides is 1. The van der Waals surface area contributed by atoms with Crippen LogP contribution in [0.1, 0.15) is 23.0 Å². The Morgan fingerprint density at radius 1 is 1.19 bits per heavy atom. The molecule has 2 heterocycles. The van der Waals surface area contributed by atoms with Gasteiger partial charge in [-0.2, -0.15) is 0 Å². The van der Waals surface area contributed by atoms with Crippen LogP contribution in [0.3, 0.4) is 0 Å². The SMILES string of the molecule is Cn1ccnc1[C@H](NC(=O)Cc1ccc2c(c1)OCO2)c1ccccc1. The van der Waals surface area contributed by atoms with E-state index in [0.717, 1.165) is 17.0 Å². The molecule has 1 aliphatic heterocycles. The minimum absolute atomic E-state index is 0.0827. The van der Waals surface area contributed by atoms with Gasteiger partial charge in [-0.05, 0) is 23.3 Å². The van der Waals surface area contributed by atoms with Gasteiger partial charge in [-0.15, -0.1) is 0 Å². The molecule has 0 spiro atoms. The quantitative estimate of drug-likeness (QED) is 0.769. The molecule has 1 N–H and O–H groups in total. The molecule has 6 heteroatoms. The zero-order chi connectivity index (χ0) is 17.9. The number of aromatic nitrogens is 2. The van der Waals surface area contributed by atoms with Gasteiger partial charge in [0.05, 0.1) is 6.42 Å². The van der Waals surface area contributed by atoms with Crippen LogP contribution in [0.25, 0.3) is 0 Å². The summed E-state index contributed by atoms with van der Waals surface area (Å²) >= 11 is 0. The lowest BCUT2D eigenvalue weighted by Gasteiger charge is -2.19. The van der Waals surface area contributed by atoms with Crippen LogP contribution in [0.4, 0.5) is 0 Å². The van der Waals surface area contributed by atoms with Crippen LogP contribution in [-0.2, 0) is 18.3 Å². The van der Waals surface area contributed by atoms with Gasteiger partial charge < -0.3 is 19.4 Å². The third-order valence-corrected chi connectivity index (χ3v) is 4.36. The summed E-state index contributed by atoms with van der Waals surface area (Å²) in [6.07, 6.45) is 3.86. The summed E-state index contributed by atoms with van der Waals surface area (Å²) in [5, 5.41) is 3.10. The number of hydrogen-bond donors (Lipinski definition) is 1. The molecule has 0 saturated heterocycles. The fraction of sp³-hybridized carbons (Fsp3) is 0.200. The third-order valence-electron chi connectivity index (χ3n) is 4.36. The first-order valence-electron chi connectivity index (χ1n) is 8.41. The van der Waals surface area contributed by atoms with Crippen LogP contribution < -0.4 is 14.8 Å². The minimum atomic E-state index is -0.308. The average molecular weight is 349 g/mol. The van der Waals surface area contributed by atoms with E-state index in [-0.39, 0.29) is 25.2 Å². The van der Waals surface area contributed by atoms with Crippen molar-refractivity contribution in [2.45, 2.75) is 12.5 Å². The molecular formula is C20H19N3O3. The molecule has 1 aliphatic rings. The highest BCUT2D eigenvalue weighted by atomic mass is 16.7. The Kier molecular flexibility index (Phi) is 4.31. The second kappa shape index (κ2) is 6.92. The summed E-state index contributed by atoms with van der Waals surface area (Å²) in [5.74, 6) is 2.10. The van der Waals surface area contributed by atoms with E-state index in [1.165, 1.54) is 0 Å². The molecule has 0 saturated carbocycles. The molecule has 0 bridgehead atoms. The van der Waals surface area contributed by atoms with Crippen molar-refractivity contribution in [2.75, 3.05) is 6.79 Å². The summed E-state index contributed by atoms with van der Waals surface area (Å²) in [6.45, 7) is 0.222. The number of carbonyl (C=O) groups is 1. The zero-order valence-corrected chi connectivity index (χ0v) is 14.4. The van der Waals surface area contributed by atoms with Gasteiger partial charge in [-0.25, -0.2) is 4.98 Å². The average Bonchev–Trinajstić information content (AvgIpc) is 3.29. The molecule has 0 radical (unpaired) electrons. The first kappa shape index (κ1) is 16.2. The topological polar surface area (TPSA) is 65.4 Å². The lowest BCUT2D eigenvalue weighted by molar-refractivity contribution is -0.121. The molecule has 6 nitrogen and oxygen atoms in total. The van der Waals surface area contributed by atoms with Gasteiger partial charge >= 0.3 is 0 Å². The van der Waals surface area contributed by atoms with Crippen LogP contribution in [-0.4, -0.2) is 22.3 Å². The first-order valence-corrected chi connectivity index (χ1v) is 8.41. The fourth-order valence-electron chi connectivity index (χ4n) is 3.05. The smallest absolute Gasteiger partial charge is 0.231 e. The van der Waals surface area contributed by atoms with Gasteiger partial charge in [0.1, 0.15) is 11.9 Å². The lowest BCUT2D eigenvalue weighted by Crippen LogP contribution is -2.32. The van der Waals surface area contributed by atoms with Crippen LogP contribution in [0, 0.1) is 0 Å². The van der Waals surface area contributed by atoms with Gasteiger partial charge in [-0.1, -0.05) is 36.4 Å². The number of fused-ring (bicyclic) bond motifs is 1. The summed E-state index contributed by atoms with van der Waals surface area (Å²) < 4.78 is 12.6. The highest BCUT2D eigenvalue weighted by Crippen LogP contribution is 2.32. The maximum atomic E-state index is 12.7. The summed E-state index contributed by atoms with van der Waals surface area (Å²) in [5.41, 5.74) is 1.86. The van der Waals surface area contributed by atoms with Crippen molar-refractivity contribution in [2.24, 2.45) is 7.05 Å². The molecule has 2 aromatic carbocycles. The van der Waals surface area contributed by atoms with E-state index in [4.69, 9.17) is 9.47 Å². The van der Waals surface area contributed by atoms with Gasteiger partial charge in [0.25, 0.3) is 0 Å². The van der Waals surface area contributed by atoms with Crippen molar-refractivity contribution in [3.8, 4) is 11.5 Å². The molecule has 0 unspecified atom stereocenters. The Hall–Kier alpha value is -3.28. The first-order chi connectivity index (χ1) is 12.7. The van der Waals surface area contributed by atoms with Gasteiger partial charge in [0.2, 0.25) is 12.7 Å². The van der Waals surface area contributed by atoms with E-state index < -0.39 is 0 Å². The number of nitrogens with zero attached hydrogens (tertiary/aromatic N) is 2. The van der Waals surface area contributed by atoms with E-state index in [2.05, 4.69) is 10.3 Å². The molecule has 4 rings (SSSR count). The van der Waals surface area contributed by atoms with Crippen LogP contribution in [0.5, 0.6) is 11.5 Å². The number of nitrogens with one attached hydrogen (secondary N) is 1. The van der Waals surface area contributed by atoms with Gasteiger partial charge in [0.15, 0.2) is 11.5 Å². The highest BCUT2D eigenvalue weighted by Gasteiger charge is 2.21. The number of benzene rings is 2. The van der Waals surface area contributed by atoms with E-state index in [0.29, 0.717) is 11.5 Å². The number of imidazole rings is 1. The van der Waals surface area contributed by atoms with Crippen molar-refractivity contribution in [1.82, 2.24) is 14.9 Å². The zero-order valence-electron chi connectivity index (χ0n) is 14.4. The van der Waals surface area contributed by atoms with Crippen molar-refractivity contribution in [3.05, 3.63) is 77.9 Å². The Bertz CT molecular complexity index is 921. The largest absolute Gasteiger partial charge is 0.454 e. The number of hydrogen-bond acceptors (Lipinski definition) is 4. The van der Waals surface area contributed by atoms with E-state index in [1.807, 2.05) is 66.3 Å². The number of carbonyl (C=O) groups excluding carboxylic acids is 1. The van der Waals surface area contributed by atoms with E-state index >= 15 is 0 Å². The number of aryl methyl sites for hydroxylation is 1. The molecule has 1 amide bonds. The predicted octanol–water partition coefficient (Wildman–Crippen LogP) is 2.60. The van der Waals surface area contributed by atoms with Crippen LogP contribution in [0.15, 0.2) is 60.9 Å². The minimum Gasteiger partial charge on any atom is -0.454 e. The Balaban J connectivity index is 1.54. The summed E-state index contributed by atoms with van der Waals surface area (Å²) in [7, 11) is 1.92. The van der Waals surface area contributed by atoms with Crippen molar-refractivity contribution in [3.63, 3.8) is 0 Å². The normalized spacial score (nSPS) is 13.4. The molecule has 1 atom stereocenters. The standard InChI is InChI=1S/C20H19N3O3/c1-23-10-9-21-20(23)19(15-5-3-2-4-6-15)22-18(24)12-14-7-8-16-17(11-14)26-13-25-16/h2-11,19H,12-13H2,1H3,(H,22,24)/t19-/m1/s1. The van der Waals surface area contributed by atoms with E-state index in [1.54, 1.807) is 6.20 Å². The second-order valence-corrected chi connectivity index (χ2v) is 6.17. The predicted molar refractivity (Wildman–Crippen MR) is 95.9 cm³/mol. The second-order valence-electron chi connectivity index (χ2n) is 6.17.